The molecule has 0 heterocycles. The number of hydrogen-bond acceptors (Lipinski definition) is 2. The van der Waals surface area contributed by atoms with Crippen molar-refractivity contribution >= 4 is 5.69 Å². The Morgan fingerprint density at radius 1 is 1.28 bits per heavy atom. The summed E-state index contributed by atoms with van der Waals surface area (Å²) in [5, 5.41) is 3.69. The molecule has 0 aromatic heterocycles. The summed E-state index contributed by atoms with van der Waals surface area (Å²) < 4.78 is 5.86. The van der Waals surface area contributed by atoms with Crippen LogP contribution in [-0.2, 0) is 0 Å². The van der Waals surface area contributed by atoms with E-state index in [0.717, 1.165) is 17.4 Å². The predicted molar refractivity (Wildman–Crippen MR) is 77.2 cm³/mol. The van der Waals surface area contributed by atoms with Gasteiger partial charge in [-0.1, -0.05) is 31.9 Å². The van der Waals surface area contributed by atoms with Gasteiger partial charge >= 0.3 is 0 Å². The summed E-state index contributed by atoms with van der Waals surface area (Å²) in [6.45, 7) is 6.43. The molecule has 1 aliphatic carbocycles. The molecule has 0 saturated heterocycles. The van der Waals surface area contributed by atoms with E-state index in [4.69, 9.17) is 4.74 Å². The first-order chi connectivity index (χ1) is 8.70. The van der Waals surface area contributed by atoms with Crippen molar-refractivity contribution < 1.29 is 4.74 Å². The first-order valence-electron chi connectivity index (χ1n) is 7.23. The molecule has 1 aromatic rings. The normalized spacial score (nSPS) is 23.3. The third-order valence-corrected chi connectivity index (χ3v) is 3.77. The molecule has 100 valence electrons. The second kappa shape index (κ2) is 6.12. The standard InChI is InChI=1S/C16H25NO/c1-4-13-8-7-10-14(13)17-15-9-5-6-11-16(15)18-12(2)3/h5-6,9,11-14,17H,4,7-8,10H2,1-3H3. The van der Waals surface area contributed by atoms with Crippen LogP contribution in [0, 0.1) is 5.92 Å². The molecule has 1 saturated carbocycles. The van der Waals surface area contributed by atoms with Gasteiger partial charge in [-0.05, 0) is 44.7 Å². The lowest BCUT2D eigenvalue weighted by molar-refractivity contribution is 0.243. The highest BCUT2D eigenvalue weighted by Gasteiger charge is 2.26. The maximum absolute atomic E-state index is 5.86. The lowest BCUT2D eigenvalue weighted by Crippen LogP contribution is -2.24. The Bertz CT molecular complexity index is 375. The molecular formula is C16H25NO. The van der Waals surface area contributed by atoms with Crippen LogP contribution in [0.4, 0.5) is 5.69 Å². The zero-order valence-electron chi connectivity index (χ0n) is 11.8. The summed E-state index contributed by atoms with van der Waals surface area (Å²) >= 11 is 0. The zero-order valence-corrected chi connectivity index (χ0v) is 11.8. The first kappa shape index (κ1) is 13.3. The smallest absolute Gasteiger partial charge is 0.142 e. The van der Waals surface area contributed by atoms with E-state index < -0.39 is 0 Å². The molecule has 1 N–H and O–H groups in total. The van der Waals surface area contributed by atoms with Gasteiger partial charge in [-0.15, -0.1) is 0 Å². The Hall–Kier alpha value is -1.18. The minimum atomic E-state index is 0.221. The van der Waals surface area contributed by atoms with Gasteiger partial charge in [0.1, 0.15) is 5.75 Å². The SMILES string of the molecule is CCC1CCCC1Nc1ccccc1OC(C)C. The molecule has 2 unspecified atom stereocenters. The van der Waals surface area contributed by atoms with Gasteiger partial charge in [0, 0.05) is 6.04 Å². The summed E-state index contributed by atoms with van der Waals surface area (Å²) in [5.41, 5.74) is 1.15. The highest BCUT2D eigenvalue weighted by atomic mass is 16.5. The largest absolute Gasteiger partial charge is 0.489 e. The monoisotopic (exact) mass is 247 g/mol. The van der Waals surface area contributed by atoms with Crippen LogP contribution in [0.25, 0.3) is 0 Å². The molecule has 0 amide bonds. The number of ether oxygens (including phenoxy) is 1. The van der Waals surface area contributed by atoms with Crippen LogP contribution >= 0.6 is 0 Å². The van der Waals surface area contributed by atoms with E-state index in [0.29, 0.717) is 6.04 Å². The molecule has 1 aliphatic rings. The molecule has 2 atom stereocenters. The van der Waals surface area contributed by atoms with Gasteiger partial charge in [-0.2, -0.15) is 0 Å². The molecule has 2 nitrogen and oxygen atoms in total. The topological polar surface area (TPSA) is 21.3 Å². The van der Waals surface area contributed by atoms with Gasteiger partial charge in [-0.25, -0.2) is 0 Å². The van der Waals surface area contributed by atoms with E-state index in [-0.39, 0.29) is 6.10 Å². The fourth-order valence-electron chi connectivity index (χ4n) is 2.86. The average Bonchev–Trinajstić information content (AvgIpc) is 2.78. The van der Waals surface area contributed by atoms with Gasteiger partial charge in [0.2, 0.25) is 0 Å². The van der Waals surface area contributed by atoms with Gasteiger partial charge in [0.25, 0.3) is 0 Å². The van der Waals surface area contributed by atoms with Crippen LogP contribution in [0.1, 0.15) is 46.5 Å². The van der Waals surface area contributed by atoms with Crippen molar-refractivity contribution in [2.75, 3.05) is 5.32 Å². The second-order valence-electron chi connectivity index (χ2n) is 5.51. The van der Waals surface area contributed by atoms with Crippen LogP contribution in [-0.4, -0.2) is 12.1 Å². The van der Waals surface area contributed by atoms with Gasteiger partial charge < -0.3 is 10.1 Å². The third kappa shape index (κ3) is 3.18. The number of rotatable bonds is 5. The van der Waals surface area contributed by atoms with E-state index in [9.17, 15) is 0 Å². The van der Waals surface area contributed by atoms with Crippen molar-refractivity contribution in [2.24, 2.45) is 5.92 Å². The molecule has 0 radical (unpaired) electrons. The highest BCUT2D eigenvalue weighted by Crippen LogP contribution is 2.33. The van der Waals surface area contributed by atoms with Crippen molar-refractivity contribution in [3.8, 4) is 5.75 Å². The van der Waals surface area contributed by atoms with Crippen LogP contribution in [0.15, 0.2) is 24.3 Å². The summed E-state index contributed by atoms with van der Waals surface area (Å²) in [7, 11) is 0. The Labute approximate surface area is 111 Å². The number of nitrogens with one attached hydrogen (secondary N) is 1. The van der Waals surface area contributed by atoms with Crippen molar-refractivity contribution in [3.05, 3.63) is 24.3 Å². The van der Waals surface area contributed by atoms with Crippen LogP contribution in [0.5, 0.6) is 5.75 Å². The van der Waals surface area contributed by atoms with Crippen molar-refractivity contribution in [1.82, 2.24) is 0 Å². The van der Waals surface area contributed by atoms with Crippen LogP contribution in [0.3, 0.4) is 0 Å². The number of anilines is 1. The summed E-state index contributed by atoms with van der Waals surface area (Å²) in [5.74, 6) is 1.80. The molecule has 2 heteroatoms. The first-order valence-corrected chi connectivity index (χ1v) is 7.23. The minimum absolute atomic E-state index is 0.221. The van der Waals surface area contributed by atoms with Crippen molar-refractivity contribution in [3.63, 3.8) is 0 Å². The molecule has 1 fully saturated rings. The Morgan fingerprint density at radius 3 is 2.78 bits per heavy atom. The summed E-state index contributed by atoms with van der Waals surface area (Å²) in [4.78, 5) is 0. The molecule has 18 heavy (non-hydrogen) atoms. The van der Waals surface area contributed by atoms with E-state index >= 15 is 0 Å². The number of hydrogen-bond donors (Lipinski definition) is 1. The van der Waals surface area contributed by atoms with Crippen molar-refractivity contribution in [2.45, 2.75) is 58.6 Å². The van der Waals surface area contributed by atoms with Crippen LogP contribution < -0.4 is 10.1 Å². The van der Waals surface area contributed by atoms with Crippen molar-refractivity contribution in [1.29, 1.82) is 0 Å². The second-order valence-corrected chi connectivity index (χ2v) is 5.51. The highest BCUT2D eigenvalue weighted by molar-refractivity contribution is 5.57. The summed E-state index contributed by atoms with van der Waals surface area (Å²) in [6, 6.07) is 8.91. The molecule has 0 bridgehead atoms. The van der Waals surface area contributed by atoms with Gasteiger partial charge in [-0.3, -0.25) is 0 Å². The fourth-order valence-corrected chi connectivity index (χ4v) is 2.86. The minimum Gasteiger partial charge on any atom is -0.489 e. The predicted octanol–water partition coefficient (Wildman–Crippen LogP) is 4.46. The van der Waals surface area contributed by atoms with Gasteiger partial charge in [0.15, 0.2) is 0 Å². The van der Waals surface area contributed by atoms with Gasteiger partial charge in [0.05, 0.1) is 11.8 Å². The lowest BCUT2D eigenvalue weighted by atomic mass is 10.0. The molecular weight excluding hydrogens is 222 g/mol. The third-order valence-electron chi connectivity index (χ3n) is 3.77. The maximum Gasteiger partial charge on any atom is 0.142 e. The quantitative estimate of drug-likeness (QED) is 0.829. The number of para-hydroxylation sites is 2. The van der Waals surface area contributed by atoms with E-state index in [1.165, 1.54) is 25.7 Å². The average molecular weight is 247 g/mol. The molecule has 2 rings (SSSR count). The zero-order chi connectivity index (χ0) is 13.0. The van der Waals surface area contributed by atoms with Crippen LogP contribution in [0.2, 0.25) is 0 Å². The van der Waals surface area contributed by atoms with E-state index in [2.05, 4.69) is 44.3 Å². The maximum atomic E-state index is 5.86. The summed E-state index contributed by atoms with van der Waals surface area (Å²) in [6.07, 6.45) is 5.49. The Kier molecular flexibility index (Phi) is 4.51. The number of benzene rings is 1. The lowest BCUT2D eigenvalue weighted by Gasteiger charge is -2.23. The fraction of sp³-hybridized carbons (Fsp3) is 0.625. The Balaban J connectivity index is 2.08. The molecule has 0 aliphatic heterocycles. The molecule has 0 spiro atoms. The Morgan fingerprint density at radius 2 is 2.06 bits per heavy atom. The van der Waals surface area contributed by atoms with E-state index in [1.54, 1.807) is 0 Å². The molecule has 1 aromatic carbocycles. The van der Waals surface area contributed by atoms with E-state index in [1.807, 2.05) is 6.07 Å².